The summed E-state index contributed by atoms with van der Waals surface area (Å²) in [5, 5.41) is 0. The van der Waals surface area contributed by atoms with Crippen LogP contribution in [-0.2, 0) is 4.74 Å². The second kappa shape index (κ2) is 7.66. The molecule has 0 heterocycles. The summed E-state index contributed by atoms with van der Waals surface area (Å²) in [4.78, 5) is 0. The van der Waals surface area contributed by atoms with Crippen LogP contribution >= 0.6 is 22.6 Å². The van der Waals surface area contributed by atoms with E-state index in [0.29, 0.717) is 5.41 Å². The van der Waals surface area contributed by atoms with E-state index in [1.165, 1.54) is 38.5 Å². The van der Waals surface area contributed by atoms with Crippen molar-refractivity contribution >= 4 is 22.6 Å². The van der Waals surface area contributed by atoms with Gasteiger partial charge in [-0.25, -0.2) is 0 Å². The zero-order valence-corrected chi connectivity index (χ0v) is 12.0. The van der Waals surface area contributed by atoms with E-state index < -0.39 is 0 Å². The van der Waals surface area contributed by atoms with Crippen molar-refractivity contribution in [2.24, 2.45) is 5.41 Å². The molecule has 0 aliphatic heterocycles. The van der Waals surface area contributed by atoms with E-state index in [-0.39, 0.29) is 0 Å². The summed E-state index contributed by atoms with van der Waals surface area (Å²) in [5.41, 5.74) is 0.656. The van der Waals surface area contributed by atoms with Gasteiger partial charge in [-0.15, -0.1) is 0 Å². The molecule has 1 saturated carbocycles. The molecule has 0 amide bonds. The molecule has 0 aromatic rings. The van der Waals surface area contributed by atoms with E-state index in [1.807, 2.05) is 0 Å². The molecule has 0 aromatic heterocycles. The molecule has 1 nitrogen and oxygen atoms in total. The van der Waals surface area contributed by atoms with Crippen LogP contribution in [0.1, 0.15) is 51.9 Å². The lowest BCUT2D eigenvalue weighted by Crippen LogP contribution is -2.09. The van der Waals surface area contributed by atoms with Crippen molar-refractivity contribution in [3.63, 3.8) is 0 Å². The van der Waals surface area contributed by atoms with Crippen molar-refractivity contribution in [2.45, 2.75) is 51.9 Å². The summed E-state index contributed by atoms with van der Waals surface area (Å²) in [6.45, 7) is 3.32. The summed E-state index contributed by atoms with van der Waals surface area (Å²) >= 11 is 2.24. The molecule has 1 fully saturated rings. The summed E-state index contributed by atoms with van der Waals surface area (Å²) in [7, 11) is 0. The quantitative estimate of drug-likeness (QED) is 0.286. The Morgan fingerprint density at radius 2 is 1.87 bits per heavy atom. The lowest BCUT2D eigenvalue weighted by molar-refractivity contribution is 0.196. The number of ether oxygens (including phenoxy) is 1. The molecule has 0 aromatic carbocycles. The maximum absolute atomic E-state index is 5.27. The Morgan fingerprint density at radius 3 is 2.53 bits per heavy atom. The number of hydrogen-bond donors (Lipinski definition) is 0. The third kappa shape index (κ3) is 5.91. The smallest absolute Gasteiger partial charge is 0.0979 e. The van der Waals surface area contributed by atoms with E-state index in [4.69, 9.17) is 4.74 Å². The van der Waals surface area contributed by atoms with E-state index in [0.717, 1.165) is 17.6 Å². The Bertz CT molecular complexity index is 183. The monoisotopic (exact) mass is 322 g/mol. The van der Waals surface area contributed by atoms with Crippen LogP contribution in [0.3, 0.4) is 0 Å². The van der Waals surface area contributed by atoms with Crippen molar-refractivity contribution in [2.75, 3.05) is 11.2 Å². The molecule has 0 saturated heterocycles. The maximum Gasteiger partial charge on any atom is 0.0979 e. The van der Waals surface area contributed by atoms with E-state index in [1.54, 1.807) is 0 Å². The number of halogens is 1. The molecule has 1 aliphatic carbocycles. The van der Waals surface area contributed by atoms with Crippen molar-refractivity contribution in [1.29, 1.82) is 0 Å². The second-order valence-corrected chi connectivity index (χ2v) is 5.46. The highest BCUT2D eigenvalue weighted by atomic mass is 127. The zero-order chi connectivity index (χ0) is 11.0. The minimum Gasteiger partial charge on any atom is -0.371 e. The van der Waals surface area contributed by atoms with Gasteiger partial charge < -0.3 is 4.74 Å². The Labute approximate surface area is 108 Å². The van der Waals surface area contributed by atoms with Crippen LogP contribution in [0.15, 0.2) is 12.2 Å². The molecular formula is C13H23IO. The van der Waals surface area contributed by atoms with Crippen LogP contribution in [0.4, 0.5) is 0 Å². The second-order valence-electron chi connectivity index (χ2n) is 4.83. The molecule has 2 heteroatoms. The summed E-state index contributed by atoms with van der Waals surface area (Å²) in [6.07, 6.45) is 14.1. The fourth-order valence-electron chi connectivity index (χ4n) is 2.35. The Balaban J connectivity index is 2.00. The first-order valence-corrected chi connectivity index (χ1v) is 7.58. The lowest BCUT2D eigenvalue weighted by atomic mass is 9.84. The van der Waals surface area contributed by atoms with Gasteiger partial charge in [0.15, 0.2) is 0 Å². The van der Waals surface area contributed by atoms with E-state index >= 15 is 0 Å². The van der Waals surface area contributed by atoms with Gasteiger partial charge in [0.25, 0.3) is 0 Å². The molecule has 1 aliphatic rings. The topological polar surface area (TPSA) is 9.23 Å². The van der Waals surface area contributed by atoms with Gasteiger partial charge in [0.1, 0.15) is 0 Å². The van der Waals surface area contributed by atoms with Gasteiger partial charge in [0.2, 0.25) is 0 Å². The SMILES string of the molecule is CC1(CC/C=C/CCOCI)CCCC1. The molecule has 0 N–H and O–H groups in total. The van der Waals surface area contributed by atoms with Crippen LogP contribution < -0.4 is 0 Å². The highest BCUT2D eigenvalue weighted by Gasteiger charge is 2.27. The number of alkyl halides is 1. The van der Waals surface area contributed by atoms with Crippen LogP contribution in [-0.4, -0.2) is 11.2 Å². The molecule has 88 valence electrons. The van der Waals surface area contributed by atoms with Crippen molar-refractivity contribution in [1.82, 2.24) is 0 Å². The predicted octanol–water partition coefficient (Wildman–Crippen LogP) is 4.70. The Morgan fingerprint density at radius 1 is 1.20 bits per heavy atom. The molecule has 0 spiro atoms. The van der Waals surface area contributed by atoms with Crippen molar-refractivity contribution in [3.05, 3.63) is 12.2 Å². The van der Waals surface area contributed by atoms with Gasteiger partial charge >= 0.3 is 0 Å². The van der Waals surface area contributed by atoms with Gasteiger partial charge in [-0.3, -0.25) is 0 Å². The molecule has 0 unspecified atom stereocenters. The third-order valence-electron chi connectivity index (χ3n) is 3.40. The fraction of sp³-hybridized carbons (Fsp3) is 0.846. The fourth-order valence-corrected chi connectivity index (χ4v) is 2.66. The Hall–Kier alpha value is 0.430. The van der Waals surface area contributed by atoms with Crippen LogP contribution in [0.2, 0.25) is 0 Å². The normalized spacial score (nSPS) is 20.1. The van der Waals surface area contributed by atoms with Crippen molar-refractivity contribution < 1.29 is 4.74 Å². The molecule has 15 heavy (non-hydrogen) atoms. The average Bonchev–Trinajstić information content (AvgIpc) is 2.64. The maximum atomic E-state index is 5.27. The minimum absolute atomic E-state index is 0.656. The lowest BCUT2D eigenvalue weighted by Gasteiger charge is -2.22. The summed E-state index contributed by atoms with van der Waals surface area (Å²) in [5.74, 6) is 0. The zero-order valence-electron chi connectivity index (χ0n) is 9.80. The van der Waals surface area contributed by atoms with Gasteiger partial charge in [-0.05, 0) is 37.5 Å². The molecular weight excluding hydrogens is 299 g/mol. The van der Waals surface area contributed by atoms with Crippen LogP contribution in [0.5, 0.6) is 0 Å². The largest absolute Gasteiger partial charge is 0.371 e. The highest BCUT2D eigenvalue weighted by molar-refractivity contribution is 14.1. The molecule has 1 rings (SSSR count). The van der Waals surface area contributed by atoms with Crippen LogP contribution in [0.25, 0.3) is 0 Å². The van der Waals surface area contributed by atoms with Crippen molar-refractivity contribution in [3.8, 4) is 0 Å². The van der Waals surface area contributed by atoms with Gasteiger partial charge in [0.05, 0.1) is 11.2 Å². The number of hydrogen-bond acceptors (Lipinski definition) is 1. The predicted molar refractivity (Wildman–Crippen MR) is 74.4 cm³/mol. The van der Waals surface area contributed by atoms with E-state index in [2.05, 4.69) is 41.7 Å². The molecule has 0 bridgehead atoms. The van der Waals surface area contributed by atoms with E-state index in [9.17, 15) is 0 Å². The average molecular weight is 322 g/mol. The minimum atomic E-state index is 0.656. The first-order chi connectivity index (χ1) is 7.27. The first-order valence-electron chi connectivity index (χ1n) is 6.06. The van der Waals surface area contributed by atoms with Gasteiger partial charge in [-0.1, -0.05) is 54.5 Å². The van der Waals surface area contributed by atoms with Gasteiger partial charge in [-0.2, -0.15) is 0 Å². The van der Waals surface area contributed by atoms with Crippen LogP contribution in [0, 0.1) is 5.41 Å². The highest BCUT2D eigenvalue weighted by Crippen LogP contribution is 2.41. The first kappa shape index (κ1) is 13.5. The number of allylic oxidation sites excluding steroid dienone is 1. The number of rotatable bonds is 7. The third-order valence-corrected chi connectivity index (χ3v) is 3.84. The van der Waals surface area contributed by atoms with Gasteiger partial charge in [0, 0.05) is 0 Å². The summed E-state index contributed by atoms with van der Waals surface area (Å²) in [6, 6.07) is 0. The summed E-state index contributed by atoms with van der Waals surface area (Å²) < 4.78 is 6.08. The molecule has 0 radical (unpaired) electrons. The standard InChI is InChI=1S/C13H23IO/c1-13(9-5-6-10-13)8-4-2-3-7-11-15-12-14/h2-3H,4-12H2,1H3/b3-2+. The molecule has 0 atom stereocenters. The Kier molecular flexibility index (Phi) is 6.89.